The van der Waals surface area contributed by atoms with Crippen molar-refractivity contribution >= 4 is 14.4 Å². The summed E-state index contributed by atoms with van der Waals surface area (Å²) in [7, 11) is 1.66. The number of allylic oxidation sites excluding steroid dienone is 1. The molecule has 0 spiro atoms. The maximum atomic E-state index is 5.76. The number of rotatable bonds is 6. The summed E-state index contributed by atoms with van der Waals surface area (Å²) in [6.45, 7) is 10.3. The number of hydrogen-bond donors (Lipinski definition) is 0. The molecule has 0 fully saturated rings. The van der Waals surface area contributed by atoms with Gasteiger partial charge in [0, 0.05) is 0 Å². The lowest BCUT2D eigenvalue weighted by Gasteiger charge is -2.18. The zero-order valence-corrected chi connectivity index (χ0v) is 13.3. The van der Waals surface area contributed by atoms with Crippen LogP contribution in [0.5, 0.6) is 11.5 Å². The van der Waals surface area contributed by atoms with E-state index in [9.17, 15) is 0 Å². The Morgan fingerprint density at radius 2 is 1.74 bits per heavy atom. The fraction of sp³-hybridized carbons (Fsp3) is 0.333. The van der Waals surface area contributed by atoms with Gasteiger partial charge in [0.2, 0.25) is 8.32 Å². The minimum Gasteiger partial charge on any atom is -0.545 e. The van der Waals surface area contributed by atoms with Crippen molar-refractivity contribution in [3.05, 3.63) is 42.2 Å². The number of hydrogen-bond acceptors (Lipinski definition) is 3. The molecule has 19 heavy (non-hydrogen) atoms. The second-order valence-electron chi connectivity index (χ2n) is 5.13. The Hall–Kier alpha value is -1.68. The molecule has 4 heteroatoms. The van der Waals surface area contributed by atoms with Crippen LogP contribution in [-0.2, 0) is 4.43 Å². The molecule has 1 aromatic carbocycles. The summed E-state index contributed by atoms with van der Waals surface area (Å²) < 4.78 is 16.2. The molecule has 0 amide bonds. The van der Waals surface area contributed by atoms with Crippen molar-refractivity contribution in [2.45, 2.75) is 19.6 Å². The fourth-order valence-corrected chi connectivity index (χ4v) is 2.43. The molecule has 104 valence electrons. The van der Waals surface area contributed by atoms with Gasteiger partial charge in [0.05, 0.1) is 20.0 Å². The second-order valence-corrected chi connectivity index (χ2v) is 9.56. The summed E-state index contributed by atoms with van der Waals surface area (Å²) in [5, 5.41) is 0. The van der Waals surface area contributed by atoms with Gasteiger partial charge in [0.25, 0.3) is 0 Å². The van der Waals surface area contributed by atoms with Gasteiger partial charge < -0.3 is 13.9 Å². The molecule has 0 atom stereocenters. The summed E-state index contributed by atoms with van der Waals surface area (Å²) in [5.41, 5.74) is 1.01. The van der Waals surface area contributed by atoms with Gasteiger partial charge >= 0.3 is 0 Å². The summed E-state index contributed by atoms with van der Waals surface area (Å²) in [6, 6.07) is 5.75. The highest BCUT2D eigenvalue weighted by atomic mass is 28.4. The largest absolute Gasteiger partial charge is 0.545 e. The van der Waals surface area contributed by atoms with E-state index in [2.05, 4.69) is 26.2 Å². The molecule has 0 aliphatic carbocycles. The normalized spacial score (nSPS) is 11.4. The zero-order valence-electron chi connectivity index (χ0n) is 12.3. The molecule has 0 N–H and O–H groups in total. The van der Waals surface area contributed by atoms with Gasteiger partial charge in [-0.25, -0.2) is 0 Å². The molecule has 1 rings (SSSR count). The van der Waals surface area contributed by atoms with Gasteiger partial charge in [-0.15, -0.1) is 0 Å². The van der Waals surface area contributed by atoms with Gasteiger partial charge in [-0.2, -0.15) is 0 Å². The van der Waals surface area contributed by atoms with E-state index >= 15 is 0 Å². The molecule has 0 aliphatic heterocycles. The summed E-state index contributed by atoms with van der Waals surface area (Å²) in [6.07, 6.45) is 3.82. The van der Waals surface area contributed by atoms with Gasteiger partial charge in [-0.3, -0.25) is 0 Å². The molecular formula is C15H22O3Si. The van der Waals surface area contributed by atoms with E-state index in [4.69, 9.17) is 13.9 Å². The highest BCUT2D eigenvalue weighted by Crippen LogP contribution is 2.28. The first-order chi connectivity index (χ1) is 8.85. The molecule has 1 aromatic rings. The van der Waals surface area contributed by atoms with E-state index in [1.807, 2.05) is 30.4 Å². The predicted octanol–water partition coefficient (Wildman–Crippen LogP) is 4.08. The van der Waals surface area contributed by atoms with Crippen molar-refractivity contribution < 1.29 is 13.9 Å². The Labute approximate surface area is 116 Å². The third-order valence-corrected chi connectivity index (χ3v) is 3.18. The molecule has 0 aromatic heterocycles. The van der Waals surface area contributed by atoms with Crippen molar-refractivity contribution in [3.8, 4) is 11.5 Å². The van der Waals surface area contributed by atoms with Crippen LogP contribution in [0.4, 0.5) is 0 Å². The molecule has 0 aliphatic rings. The van der Waals surface area contributed by atoms with E-state index in [0.29, 0.717) is 11.5 Å². The maximum absolute atomic E-state index is 5.76. The minimum absolute atomic E-state index is 0.689. The van der Waals surface area contributed by atoms with E-state index in [-0.39, 0.29) is 0 Å². The molecule has 0 saturated heterocycles. The van der Waals surface area contributed by atoms with Crippen LogP contribution in [0.3, 0.4) is 0 Å². The average molecular weight is 278 g/mol. The van der Waals surface area contributed by atoms with Crippen LogP contribution in [0.25, 0.3) is 6.08 Å². The molecule has 0 saturated carbocycles. The van der Waals surface area contributed by atoms with Crippen LogP contribution >= 0.6 is 0 Å². The standard InChI is InChI=1S/C15H22O3Si/c1-12(18-19(4,5)6)7-8-13-9-10-14(16-2)15(11-13)17-3/h7-11H,1H2,2-6H3. The molecular weight excluding hydrogens is 256 g/mol. The highest BCUT2D eigenvalue weighted by Gasteiger charge is 2.15. The first-order valence-electron chi connectivity index (χ1n) is 6.14. The Morgan fingerprint density at radius 1 is 1.11 bits per heavy atom. The third kappa shape index (κ3) is 5.22. The lowest BCUT2D eigenvalue weighted by atomic mass is 10.2. The van der Waals surface area contributed by atoms with Gasteiger partial charge in [-0.1, -0.05) is 18.7 Å². The molecule has 0 bridgehead atoms. The maximum Gasteiger partial charge on any atom is 0.242 e. The van der Waals surface area contributed by atoms with Crippen molar-refractivity contribution in [1.29, 1.82) is 0 Å². The van der Waals surface area contributed by atoms with Crippen LogP contribution in [-0.4, -0.2) is 22.5 Å². The van der Waals surface area contributed by atoms with Crippen LogP contribution in [0.1, 0.15) is 5.56 Å². The summed E-state index contributed by atoms with van der Waals surface area (Å²) >= 11 is 0. The average Bonchev–Trinajstić information content (AvgIpc) is 2.33. The summed E-state index contributed by atoms with van der Waals surface area (Å²) in [4.78, 5) is 0. The zero-order chi connectivity index (χ0) is 14.5. The van der Waals surface area contributed by atoms with Crippen molar-refractivity contribution in [2.75, 3.05) is 14.2 Å². The Kier molecular flexibility index (Phi) is 5.24. The number of benzene rings is 1. The van der Waals surface area contributed by atoms with Crippen LogP contribution in [0.2, 0.25) is 19.6 Å². The first kappa shape index (κ1) is 15.4. The molecule has 0 unspecified atom stereocenters. The van der Waals surface area contributed by atoms with Crippen molar-refractivity contribution in [2.24, 2.45) is 0 Å². The van der Waals surface area contributed by atoms with Crippen molar-refractivity contribution in [3.63, 3.8) is 0 Å². The first-order valence-corrected chi connectivity index (χ1v) is 9.54. The Morgan fingerprint density at radius 3 is 2.26 bits per heavy atom. The van der Waals surface area contributed by atoms with Crippen LogP contribution in [0.15, 0.2) is 36.6 Å². The number of ether oxygens (including phenoxy) is 2. The molecule has 0 radical (unpaired) electrons. The van der Waals surface area contributed by atoms with E-state index in [1.54, 1.807) is 14.2 Å². The van der Waals surface area contributed by atoms with E-state index < -0.39 is 8.32 Å². The van der Waals surface area contributed by atoms with Crippen molar-refractivity contribution in [1.82, 2.24) is 0 Å². The fourth-order valence-electron chi connectivity index (χ4n) is 1.57. The Bertz CT molecular complexity index is 473. The summed E-state index contributed by atoms with van der Waals surface area (Å²) in [5.74, 6) is 2.12. The van der Waals surface area contributed by atoms with E-state index in [1.165, 1.54) is 0 Å². The van der Waals surface area contributed by atoms with Crippen LogP contribution < -0.4 is 9.47 Å². The van der Waals surface area contributed by atoms with Gasteiger partial charge in [0.15, 0.2) is 11.5 Å². The lowest BCUT2D eigenvalue weighted by Crippen LogP contribution is -2.23. The SMILES string of the molecule is C=C(C=Cc1ccc(OC)c(OC)c1)O[Si](C)(C)C. The monoisotopic (exact) mass is 278 g/mol. The van der Waals surface area contributed by atoms with Gasteiger partial charge in [0.1, 0.15) is 0 Å². The Balaban J connectivity index is 2.80. The van der Waals surface area contributed by atoms with E-state index in [0.717, 1.165) is 11.3 Å². The quantitative estimate of drug-likeness (QED) is 0.446. The number of methoxy groups -OCH3 is 2. The lowest BCUT2D eigenvalue weighted by molar-refractivity contribution is 0.355. The second kappa shape index (κ2) is 6.47. The minimum atomic E-state index is -1.59. The van der Waals surface area contributed by atoms with Crippen LogP contribution in [0, 0.1) is 0 Å². The molecule has 3 nitrogen and oxygen atoms in total. The van der Waals surface area contributed by atoms with Gasteiger partial charge in [-0.05, 0) is 43.4 Å². The highest BCUT2D eigenvalue weighted by molar-refractivity contribution is 6.70. The third-order valence-electron chi connectivity index (χ3n) is 2.31. The topological polar surface area (TPSA) is 27.7 Å². The smallest absolute Gasteiger partial charge is 0.242 e. The molecule has 0 heterocycles. The predicted molar refractivity (Wildman–Crippen MR) is 82.2 cm³/mol.